The fraction of sp³-hybridized carbons (Fsp3) is 0.300. The molecular weight excluding hydrogens is 196 g/mol. The molecule has 1 rings (SSSR count). The van der Waals surface area contributed by atoms with Crippen molar-refractivity contribution in [2.45, 2.75) is 6.42 Å². The lowest BCUT2D eigenvalue weighted by atomic mass is 10.1. The molecule has 1 aliphatic heterocycles. The average molecular weight is 206 g/mol. The van der Waals surface area contributed by atoms with Gasteiger partial charge in [0.25, 0.3) is 11.8 Å². The van der Waals surface area contributed by atoms with E-state index in [9.17, 15) is 14.4 Å². The van der Waals surface area contributed by atoms with Crippen LogP contribution in [-0.4, -0.2) is 29.2 Å². The number of terminal acetylenes is 1. The maximum absolute atomic E-state index is 11.2. The van der Waals surface area contributed by atoms with Gasteiger partial charge < -0.3 is 5.73 Å². The first kappa shape index (κ1) is 11.0. The minimum Gasteiger partial charge on any atom is -0.369 e. The Bertz CT molecular complexity index is 361. The lowest BCUT2D eigenvalue weighted by Gasteiger charge is -2.18. The van der Waals surface area contributed by atoms with Crippen molar-refractivity contribution in [1.82, 2.24) is 4.90 Å². The molecule has 1 unspecified atom stereocenters. The summed E-state index contributed by atoms with van der Waals surface area (Å²) in [6, 6.07) is 0. The Kier molecular flexibility index (Phi) is 3.24. The Morgan fingerprint density at radius 3 is 2.40 bits per heavy atom. The number of hydrogen-bond acceptors (Lipinski definition) is 3. The number of amides is 3. The summed E-state index contributed by atoms with van der Waals surface area (Å²) in [5.41, 5.74) is 5.09. The number of carbonyl (C=O) groups is 3. The predicted molar refractivity (Wildman–Crippen MR) is 52.0 cm³/mol. The molecular formula is C10H10N2O3. The van der Waals surface area contributed by atoms with E-state index in [1.165, 1.54) is 0 Å². The number of nitrogens with zero attached hydrogens (tertiary/aromatic N) is 1. The zero-order valence-corrected chi connectivity index (χ0v) is 7.97. The first-order valence-corrected chi connectivity index (χ1v) is 4.32. The van der Waals surface area contributed by atoms with Crippen LogP contribution in [0.25, 0.3) is 0 Å². The molecule has 0 saturated heterocycles. The van der Waals surface area contributed by atoms with Crippen LogP contribution in [0.3, 0.4) is 0 Å². The first-order chi connectivity index (χ1) is 7.06. The second-order valence-electron chi connectivity index (χ2n) is 3.13. The average Bonchev–Trinajstić information content (AvgIpc) is 2.48. The molecule has 0 aromatic carbocycles. The summed E-state index contributed by atoms with van der Waals surface area (Å²) in [7, 11) is 0. The summed E-state index contributed by atoms with van der Waals surface area (Å²) in [4.78, 5) is 34.2. The van der Waals surface area contributed by atoms with E-state index in [2.05, 4.69) is 5.92 Å². The summed E-state index contributed by atoms with van der Waals surface area (Å²) >= 11 is 0. The number of hydrogen-bond donors (Lipinski definition) is 1. The minimum atomic E-state index is -0.678. The maximum atomic E-state index is 11.2. The summed E-state index contributed by atoms with van der Waals surface area (Å²) in [5.74, 6) is 0.111. The summed E-state index contributed by atoms with van der Waals surface area (Å²) in [6.45, 7) is -0.0514. The molecule has 1 heterocycles. The zero-order valence-electron chi connectivity index (χ0n) is 7.97. The highest BCUT2D eigenvalue weighted by Gasteiger charge is 2.28. The van der Waals surface area contributed by atoms with Crippen LogP contribution in [0.2, 0.25) is 0 Å². The van der Waals surface area contributed by atoms with E-state index in [1.807, 2.05) is 0 Å². The largest absolute Gasteiger partial charge is 0.369 e. The predicted octanol–water partition coefficient (Wildman–Crippen LogP) is -0.964. The molecule has 0 aliphatic carbocycles. The topological polar surface area (TPSA) is 80.5 Å². The summed E-state index contributed by atoms with van der Waals surface area (Å²) in [6.07, 6.45) is 7.46. The van der Waals surface area contributed by atoms with Crippen molar-refractivity contribution in [3.05, 3.63) is 12.2 Å². The van der Waals surface area contributed by atoms with Gasteiger partial charge in [0.2, 0.25) is 5.91 Å². The molecule has 0 bridgehead atoms. The van der Waals surface area contributed by atoms with Crippen LogP contribution in [-0.2, 0) is 14.4 Å². The molecule has 78 valence electrons. The van der Waals surface area contributed by atoms with Crippen molar-refractivity contribution < 1.29 is 14.4 Å². The van der Waals surface area contributed by atoms with E-state index in [0.717, 1.165) is 17.1 Å². The van der Waals surface area contributed by atoms with Gasteiger partial charge in [-0.2, -0.15) is 0 Å². The Morgan fingerprint density at radius 1 is 1.47 bits per heavy atom. The van der Waals surface area contributed by atoms with Gasteiger partial charge in [-0.15, -0.1) is 12.3 Å². The van der Waals surface area contributed by atoms with Crippen LogP contribution < -0.4 is 5.73 Å². The Hall–Kier alpha value is -2.09. The molecule has 0 fully saturated rings. The second kappa shape index (κ2) is 4.42. The van der Waals surface area contributed by atoms with E-state index in [4.69, 9.17) is 12.2 Å². The zero-order chi connectivity index (χ0) is 11.4. The molecule has 5 heteroatoms. The fourth-order valence-corrected chi connectivity index (χ4v) is 1.23. The molecule has 0 spiro atoms. The SMILES string of the molecule is C#CCC(CN1C(=O)C=CC1=O)C(N)=O. The number of imide groups is 1. The molecule has 0 saturated carbocycles. The highest BCUT2D eigenvalue weighted by molar-refractivity contribution is 6.13. The molecule has 0 aromatic heterocycles. The smallest absolute Gasteiger partial charge is 0.253 e. The lowest BCUT2D eigenvalue weighted by Crippen LogP contribution is -2.39. The van der Waals surface area contributed by atoms with E-state index in [0.29, 0.717) is 0 Å². The number of carbonyl (C=O) groups excluding carboxylic acids is 3. The van der Waals surface area contributed by atoms with Crippen molar-refractivity contribution in [3.8, 4) is 12.3 Å². The third kappa shape index (κ3) is 2.44. The second-order valence-corrected chi connectivity index (χ2v) is 3.13. The van der Waals surface area contributed by atoms with Crippen molar-refractivity contribution in [2.24, 2.45) is 11.7 Å². The van der Waals surface area contributed by atoms with Crippen LogP contribution in [0.4, 0.5) is 0 Å². The first-order valence-electron chi connectivity index (χ1n) is 4.32. The van der Waals surface area contributed by atoms with Gasteiger partial charge in [-0.25, -0.2) is 0 Å². The molecule has 1 aliphatic rings. The summed E-state index contributed by atoms with van der Waals surface area (Å²) < 4.78 is 0. The standard InChI is InChI=1S/C10H10N2O3/c1-2-3-7(10(11)15)6-12-8(13)4-5-9(12)14/h1,4-5,7H,3,6H2,(H2,11,15). The fourth-order valence-electron chi connectivity index (χ4n) is 1.23. The van der Waals surface area contributed by atoms with Gasteiger partial charge >= 0.3 is 0 Å². The van der Waals surface area contributed by atoms with Crippen LogP contribution >= 0.6 is 0 Å². The summed E-state index contributed by atoms with van der Waals surface area (Å²) in [5, 5.41) is 0. The molecule has 0 radical (unpaired) electrons. The molecule has 0 aromatic rings. The van der Waals surface area contributed by atoms with Gasteiger partial charge in [-0.05, 0) is 0 Å². The Morgan fingerprint density at radius 2 is 2.00 bits per heavy atom. The van der Waals surface area contributed by atoms with Crippen LogP contribution in [0.15, 0.2) is 12.2 Å². The van der Waals surface area contributed by atoms with E-state index < -0.39 is 23.6 Å². The lowest BCUT2D eigenvalue weighted by molar-refractivity contribution is -0.138. The van der Waals surface area contributed by atoms with Gasteiger partial charge in [-0.3, -0.25) is 19.3 Å². The van der Waals surface area contributed by atoms with Crippen LogP contribution in [0.5, 0.6) is 0 Å². The number of primary amides is 1. The minimum absolute atomic E-state index is 0.0514. The molecule has 3 amide bonds. The van der Waals surface area contributed by atoms with Gasteiger partial charge in [0.15, 0.2) is 0 Å². The Balaban J connectivity index is 2.67. The molecule has 2 N–H and O–H groups in total. The molecule has 15 heavy (non-hydrogen) atoms. The highest BCUT2D eigenvalue weighted by atomic mass is 16.2. The van der Waals surface area contributed by atoms with Gasteiger partial charge in [-0.1, -0.05) is 0 Å². The molecule has 1 atom stereocenters. The van der Waals surface area contributed by atoms with Gasteiger partial charge in [0.1, 0.15) is 0 Å². The Labute approximate surface area is 86.9 Å². The van der Waals surface area contributed by atoms with Crippen molar-refractivity contribution in [3.63, 3.8) is 0 Å². The maximum Gasteiger partial charge on any atom is 0.253 e. The molecule has 5 nitrogen and oxygen atoms in total. The number of rotatable bonds is 4. The van der Waals surface area contributed by atoms with Gasteiger partial charge in [0, 0.05) is 25.1 Å². The van der Waals surface area contributed by atoms with E-state index >= 15 is 0 Å². The third-order valence-electron chi connectivity index (χ3n) is 2.07. The van der Waals surface area contributed by atoms with E-state index in [-0.39, 0.29) is 13.0 Å². The highest BCUT2D eigenvalue weighted by Crippen LogP contribution is 2.10. The quantitative estimate of drug-likeness (QED) is 0.475. The van der Waals surface area contributed by atoms with E-state index in [1.54, 1.807) is 0 Å². The van der Waals surface area contributed by atoms with Crippen molar-refractivity contribution in [1.29, 1.82) is 0 Å². The van der Waals surface area contributed by atoms with Crippen LogP contribution in [0.1, 0.15) is 6.42 Å². The van der Waals surface area contributed by atoms with Crippen molar-refractivity contribution >= 4 is 17.7 Å². The normalized spacial score (nSPS) is 16.6. The third-order valence-corrected chi connectivity index (χ3v) is 2.07. The monoisotopic (exact) mass is 206 g/mol. The van der Waals surface area contributed by atoms with Crippen molar-refractivity contribution in [2.75, 3.05) is 6.54 Å². The number of nitrogens with two attached hydrogens (primary N) is 1. The van der Waals surface area contributed by atoms with Gasteiger partial charge in [0.05, 0.1) is 5.92 Å². The van der Waals surface area contributed by atoms with Crippen LogP contribution in [0, 0.1) is 18.3 Å².